The zero-order valence-electron chi connectivity index (χ0n) is 22.3. The summed E-state index contributed by atoms with van der Waals surface area (Å²) in [4.78, 5) is 13.1. The van der Waals surface area contributed by atoms with E-state index in [-0.39, 0.29) is 4.90 Å². The lowest BCUT2D eigenvalue weighted by atomic mass is 10.1. The molecule has 1 amide bonds. The van der Waals surface area contributed by atoms with Crippen LogP contribution in [0.4, 0.5) is 5.69 Å². The Balaban J connectivity index is 1.57. The Bertz CT molecular complexity index is 1590. The molecule has 0 aliphatic heterocycles. The highest BCUT2D eigenvalue weighted by atomic mass is 32.2. The lowest BCUT2D eigenvalue weighted by molar-refractivity contribution is -0.119. The molecule has 0 aliphatic rings. The minimum atomic E-state index is -3.99. The van der Waals surface area contributed by atoms with E-state index >= 15 is 0 Å². The van der Waals surface area contributed by atoms with Crippen LogP contribution >= 0.6 is 0 Å². The monoisotopic (exact) mass is 528 g/mol. The fraction of sp³-hybridized carbons (Fsp3) is 0.200. The minimum absolute atomic E-state index is 0.110. The van der Waals surface area contributed by atoms with E-state index in [1.165, 1.54) is 12.1 Å². The van der Waals surface area contributed by atoms with Gasteiger partial charge in [-0.05, 0) is 93.8 Å². The Hall–Kier alpha value is -4.17. The third kappa shape index (κ3) is 5.86. The highest BCUT2D eigenvalue weighted by Gasteiger charge is 2.27. The maximum Gasteiger partial charge on any atom is 0.264 e. The van der Waals surface area contributed by atoms with Crippen LogP contribution in [0.25, 0.3) is 5.69 Å². The third-order valence-corrected chi connectivity index (χ3v) is 8.02. The molecule has 1 aromatic heterocycles. The first-order valence-electron chi connectivity index (χ1n) is 12.3. The van der Waals surface area contributed by atoms with Crippen LogP contribution in [0, 0.1) is 34.6 Å². The normalized spacial score (nSPS) is 11.6. The number of hydrogen-bond donors (Lipinski definition) is 1. The number of hydrazone groups is 1. The number of anilines is 1. The fourth-order valence-electron chi connectivity index (χ4n) is 4.55. The van der Waals surface area contributed by atoms with E-state index in [9.17, 15) is 13.2 Å². The summed E-state index contributed by atoms with van der Waals surface area (Å²) >= 11 is 0. The lowest BCUT2D eigenvalue weighted by Crippen LogP contribution is -2.39. The molecule has 0 unspecified atom stereocenters. The zero-order valence-corrected chi connectivity index (χ0v) is 23.1. The Morgan fingerprint density at radius 3 is 2.21 bits per heavy atom. The molecule has 3 aromatic carbocycles. The number of benzene rings is 3. The molecule has 4 rings (SSSR count). The molecule has 0 saturated carbocycles. The SMILES string of the molecule is Cc1cc(C)cc(N(CC(=O)N/N=C\c2cc(C)n(-c3cccc(C)c3)c2C)S(=O)(=O)c2ccccc2)c1. The minimum Gasteiger partial charge on any atom is -0.318 e. The predicted molar refractivity (Wildman–Crippen MR) is 153 cm³/mol. The van der Waals surface area contributed by atoms with Crippen LogP contribution in [0.1, 0.15) is 33.6 Å². The van der Waals surface area contributed by atoms with Gasteiger partial charge >= 0.3 is 0 Å². The van der Waals surface area contributed by atoms with Gasteiger partial charge in [0, 0.05) is 22.6 Å². The summed E-state index contributed by atoms with van der Waals surface area (Å²) in [6.07, 6.45) is 1.58. The van der Waals surface area contributed by atoms with Crippen molar-refractivity contribution in [2.45, 2.75) is 39.5 Å². The first-order valence-corrected chi connectivity index (χ1v) is 13.7. The highest BCUT2D eigenvalue weighted by Crippen LogP contribution is 2.26. The van der Waals surface area contributed by atoms with Crippen LogP contribution < -0.4 is 9.73 Å². The van der Waals surface area contributed by atoms with Gasteiger partial charge in [-0.3, -0.25) is 9.10 Å². The van der Waals surface area contributed by atoms with Gasteiger partial charge in [-0.1, -0.05) is 36.4 Å². The summed E-state index contributed by atoms with van der Waals surface area (Å²) in [5, 5.41) is 4.15. The summed E-state index contributed by atoms with van der Waals surface area (Å²) in [5.41, 5.74) is 9.82. The van der Waals surface area contributed by atoms with Crippen molar-refractivity contribution in [3.63, 3.8) is 0 Å². The van der Waals surface area contributed by atoms with E-state index < -0.39 is 22.5 Å². The lowest BCUT2D eigenvalue weighted by Gasteiger charge is -2.24. The molecular weight excluding hydrogens is 496 g/mol. The van der Waals surface area contributed by atoms with Gasteiger partial charge in [-0.15, -0.1) is 0 Å². The molecule has 8 heteroatoms. The summed E-state index contributed by atoms with van der Waals surface area (Å²) in [7, 11) is -3.99. The summed E-state index contributed by atoms with van der Waals surface area (Å²) in [6, 6.07) is 23.8. The van der Waals surface area contributed by atoms with Crippen molar-refractivity contribution in [2.75, 3.05) is 10.8 Å². The number of hydrogen-bond acceptors (Lipinski definition) is 4. The van der Waals surface area contributed by atoms with Gasteiger partial charge < -0.3 is 4.57 Å². The Morgan fingerprint density at radius 1 is 0.868 bits per heavy atom. The average Bonchev–Trinajstić information content (AvgIpc) is 3.15. The van der Waals surface area contributed by atoms with Crippen molar-refractivity contribution >= 4 is 27.8 Å². The van der Waals surface area contributed by atoms with Crippen molar-refractivity contribution in [2.24, 2.45) is 5.10 Å². The number of aryl methyl sites for hydroxylation is 4. The van der Waals surface area contributed by atoms with Crippen LogP contribution in [0.5, 0.6) is 0 Å². The van der Waals surface area contributed by atoms with Gasteiger partial charge in [0.25, 0.3) is 15.9 Å². The number of nitrogens with one attached hydrogen (secondary N) is 1. The number of nitrogens with zero attached hydrogens (tertiary/aromatic N) is 3. The van der Waals surface area contributed by atoms with E-state index in [0.717, 1.165) is 43.6 Å². The molecule has 4 aromatic rings. The topological polar surface area (TPSA) is 83.8 Å². The van der Waals surface area contributed by atoms with Gasteiger partial charge in [0.15, 0.2) is 0 Å². The number of carbonyl (C=O) groups excluding carboxylic acids is 1. The number of carbonyl (C=O) groups is 1. The van der Waals surface area contributed by atoms with Crippen LogP contribution in [-0.4, -0.2) is 31.7 Å². The molecular formula is C30H32N4O3S. The molecule has 1 heterocycles. The van der Waals surface area contributed by atoms with Crippen LogP contribution in [0.3, 0.4) is 0 Å². The fourth-order valence-corrected chi connectivity index (χ4v) is 5.98. The molecule has 0 spiro atoms. The predicted octanol–water partition coefficient (Wildman–Crippen LogP) is 5.37. The van der Waals surface area contributed by atoms with Crippen molar-refractivity contribution < 1.29 is 13.2 Å². The van der Waals surface area contributed by atoms with Gasteiger partial charge in [0.1, 0.15) is 6.54 Å². The number of sulfonamides is 1. The first kappa shape index (κ1) is 26.9. The van der Waals surface area contributed by atoms with Crippen molar-refractivity contribution in [3.05, 3.63) is 113 Å². The number of amides is 1. The molecule has 38 heavy (non-hydrogen) atoms. The largest absolute Gasteiger partial charge is 0.318 e. The molecule has 0 aliphatic carbocycles. The molecule has 196 valence electrons. The Labute approximate surface area is 224 Å². The highest BCUT2D eigenvalue weighted by molar-refractivity contribution is 7.92. The van der Waals surface area contributed by atoms with Crippen LogP contribution in [-0.2, 0) is 14.8 Å². The second-order valence-corrected chi connectivity index (χ2v) is 11.3. The summed E-state index contributed by atoms with van der Waals surface area (Å²) in [5.74, 6) is -0.549. The second kappa shape index (κ2) is 11.1. The smallest absolute Gasteiger partial charge is 0.264 e. The maximum atomic E-state index is 13.5. The van der Waals surface area contributed by atoms with E-state index in [1.54, 1.807) is 36.5 Å². The molecule has 7 nitrogen and oxygen atoms in total. The molecule has 0 saturated heterocycles. The maximum absolute atomic E-state index is 13.5. The quantitative estimate of drug-likeness (QED) is 0.247. The van der Waals surface area contributed by atoms with E-state index in [4.69, 9.17) is 0 Å². The van der Waals surface area contributed by atoms with Crippen LogP contribution in [0.15, 0.2) is 88.9 Å². The van der Waals surface area contributed by atoms with Crippen LogP contribution in [0.2, 0.25) is 0 Å². The van der Waals surface area contributed by atoms with Crippen molar-refractivity contribution in [1.29, 1.82) is 0 Å². The van der Waals surface area contributed by atoms with Crippen molar-refractivity contribution in [3.8, 4) is 5.69 Å². The molecule has 1 N–H and O–H groups in total. The van der Waals surface area contributed by atoms with Gasteiger partial charge in [-0.25, -0.2) is 13.8 Å². The molecule has 0 fully saturated rings. The molecule has 0 atom stereocenters. The standard InChI is InChI=1S/C30H32N4O3S/c1-21-10-9-11-27(15-21)34-24(4)18-26(25(34)5)19-31-32-30(35)20-33(28-16-22(2)14-23(3)17-28)38(36,37)29-12-7-6-8-13-29/h6-19H,20H2,1-5H3,(H,32,35)/b31-19-. The second-order valence-electron chi connectivity index (χ2n) is 9.46. The molecule has 0 radical (unpaired) electrons. The summed E-state index contributed by atoms with van der Waals surface area (Å²) in [6.45, 7) is 9.42. The van der Waals surface area contributed by atoms with Gasteiger partial charge in [0.05, 0.1) is 16.8 Å². The molecule has 0 bridgehead atoms. The first-order chi connectivity index (χ1) is 18.1. The van der Waals surface area contributed by atoms with Crippen molar-refractivity contribution in [1.82, 2.24) is 9.99 Å². The zero-order chi connectivity index (χ0) is 27.4. The van der Waals surface area contributed by atoms with E-state index in [2.05, 4.69) is 34.2 Å². The van der Waals surface area contributed by atoms with E-state index in [0.29, 0.717) is 5.69 Å². The summed E-state index contributed by atoms with van der Waals surface area (Å²) < 4.78 is 30.3. The Morgan fingerprint density at radius 2 is 1.55 bits per heavy atom. The van der Waals surface area contributed by atoms with Gasteiger partial charge in [0.2, 0.25) is 0 Å². The Kier molecular flexibility index (Phi) is 7.83. The average molecular weight is 529 g/mol. The van der Waals surface area contributed by atoms with E-state index in [1.807, 2.05) is 52.0 Å². The number of aromatic nitrogens is 1. The third-order valence-electron chi connectivity index (χ3n) is 6.24. The van der Waals surface area contributed by atoms with Gasteiger partial charge in [-0.2, -0.15) is 5.10 Å². The number of rotatable bonds is 8.